The molecule has 1 heterocycles. The van der Waals surface area contributed by atoms with E-state index < -0.39 is 0 Å². The molecule has 134 valence electrons. The predicted octanol–water partition coefficient (Wildman–Crippen LogP) is 4.44. The largest absolute Gasteiger partial charge is 0.506 e. The summed E-state index contributed by atoms with van der Waals surface area (Å²) in [6.45, 7) is 0. The van der Waals surface area contributed by atoms with Crippen LogP contribution >= 0.6 is 11.6 Å². The lowest BCUT2D eigenvalue weighted by atomic mass is 10.1. The zero-order valence-electron chi connectivity index (χ0n) is 14.1. The number of para-hydroxylation sites is 2. The van der Waals surface area contributed by atoms with Crippen molar-refractivity contribution < 1.29 is 9.90 Å². The van der Waals surface area contributed by atoms with Crippen LogP contribution in [0.1, 0.15) is 6.42 Å². The Kier molecular flexibility index (Phi) is 4.30. The highest BCUT2D eigenvalue weighted by Gasteiger charge is 2.43. The van der Waals surface area contributed by atoms with Gasteiger partial charge >= 0.3 is 0 Å². The molecule has 1 saturated carbocycles. The van der Waals surface area contributed by atoms with Crippen LogP contribution in [0.3, 0.4) is 0 Å². The highest BCUT2D eigenvalue weighted by atomic mass is 35.5. The Labute approximate surface area is 160 Å². The Bertz CT molecular complexity index is 1090. The van der Waals surface area contributed by atoms with Gasteiger partial charge in [-0.05, 0) is 42.1 Å². The molecule has 1 aliphatic carbocycles. The summed E-state index contributed by atoms with van der Waals surface area (Å²) in [6, 6.07) is 14.3. The number of fused-ring (bicyclic) bond motifs is 1. The number of carbonyl (C=O) groups is 1. The van der Waals surface area contributed by atoms with E-state index in [0.717, 1.165) is 10.8 Å². The van der Waals surface area contributed by atoms with Gasteiger partial charge in [0.25, 0.3) is 0 Å². The molecule has 3 N–H and O–H groups in total. The molecule has 0 spiro atoms. The Morgan fingerprint density at radius 1 is 1.30 bits per heavy atom. The molecule has 0 aliphatic heterocycles. The van der Waals surface area contributed by atoms with Crippen molar-refractivity contribution in [2.24, 2.45) is 11.8 Å². The number of nitrogens with zero attached hydrogens (tertiary/aromatic N) is 2. The normalized spacial score (nSPS) is 17.9. The summed E-state index contributed by atoms with van der Waals surface area (Å²) in [5, 5.41) is 26.7. The van der Waals surface area contributed by atoms with Crippen LogP contribution in [0, 0.1) is 23.2 Å². The average Bonchev–Trinajstić information content (AvgIpc) is 3.43. The van der Waals surface area contributed by atoms with Gasteiger partial charge in [0.05, 0.1) is 28.6 Å². The molecule has 4 rings (SSSR count). The summed E-state index contributed by atoms with van der Waals surface area (Å²) in [5.41, 5.74) is 1.26. The van der Waals surface area contributed by atoms with Gasteiger partial charge in [0.1, 0.15) is 11.6 Å². The minimum absolute atomic E-state index is 0.132. The number of aromatic hydroxyl groups is 1. The zero-order chi connectivity index (χ0) is 19.0. The number of amides is 1. The smallest absolute Gasteiger partial charge is 0.230 e. The monoisotopic (exact) mass is 378 g/mol. The molecule has 2 atom stereocenters. The van der Waals surface area contributed by atoms with Gasteiger partial charge in [0, 0.05) is 17.3 Å². The first-order chi connectivity index (χ1) is 13.0. The minimum atomic E-state index is -0.259. The molecule has 2 unspecified atom stereocenters. The third-order valence-corrected chi connectivity index (χ3v) is 4.83. The fourth-order valence-corrected chi connectivity index (χ4v) is 3.21. The van der Waals surface area contributed by atoms with E-state index in [1.807, 2.05) is 12.1 Å². The van der Waals surface area contributed by atoms with Crippen LogP contribution in [0.4, 0.5) is 17.2 Å². The van der Waals surface area contributed by atoms with Gasteiger partial charge < -0.3 is 15.7 Å². The summed E-state index contributed by atoms with van der Waals surface area (Å²) in [6.07, 6.45) is 2.20. The summed E-state index contributed by atoms with van der Waals surface area (Å²) < 4.78 is 0. The van der Waals surface area contributed by atoms with E-state index in [1.165, 1.54) is 0 Å². The molecule has 2 aromatic carbocycles. The first kappa shape index (κ1) is 17.1. The second kappa shape index (κ2) is 6.78. The van der Waals surface area contributed by atoms with Crippen molar-refractivity contribution in [2.75, 3.05) is 10.6 Å². The molecule has 0 saturated heterocycles. The molecule has 7 heteroatoms. The van der Waals surface area contributed by atoms with Crippen molar-refractivity contribution in [1.82, 2.24) is 4.98 Å². The number of phenolic OH excluding ortho intramolecular Hbond substituents is 1. The van der Waals surface area contributed by atoms with Gasteiger partial charge in [0.15, 0.2) is 0 Å². The number of hydrogen-bond acceptors (Lipinski definition) is 5. The fraction of sp³-hybridized carbons (Fsp3) is 0.150. The van der Waals surface area contributed by atoms with E-state index in [4.69, 9.17) is 16.9 Å². The molecule has 6 nitrogen and oxygen atoms in total. The molecule has 27 heavy (non-hydrogen) atoms. The number of hydrogen-bond donors (Lipinski definition) is 3. The summed E-state index contributed by atoms with van der Waals surface area (Å²) >= 11 is 6.36. The number of aromatic nitrogens is 1. The van der Waals surface area contributed by atoms with E-state index in [0.29, 0.717) is 28.6 Å². The van der Waals surface area contributed by atoms with Crippen LogP contribution in [0.5, 0.6) is 5.75 Å². The van der Waals surface area contributed by atoms with Gasteiger partial charge in [-0.15, -0.1) is 0 Å². The van der Waals surface area contributed by atoms with E-state index in [-0.39, 0.29) is 23.5 Å². The standard InChI is InChI=1S/C20H15ClN4O2/c21-16-8-13(24-17-3-1-2-4-18(17)26)5-11-7-19(23-10-15(11)16)25-20(27)14-6-12(14)9-22/h1-5,7-8,10,12,14,24,26H,6H2,(H,23,25,27). The number of halogens is 1. The maximum absolute atomic E-state index is 12.1. The highest BCUT2D eigenvalue weighted by Crippen LogP contribution is 2.38. The zero-order valence-corrected chi connectivity index (χ0v) is 14.9. The molecule has 3 aromatic rings. The highest BCUT2D eigenvalue weighted by molar-refractivity contribution is 6.36. The van der Waals surface area contributed by atoms with E-state index in [1.54, 1.807) is 36.5 Å². The molecule has 0 radical (unpaired) electrons. The summed E-state index contributed by atoms with van der Waals surface area (Å²) in [5.74, 6) is -0.109. The second-order valence-corrected chi connectivity index (χ2v) is 6.87. The Morgan fingerprint density at radius 2 is 2.11 bits per heavy atom. The fourth-order valence-electron chi connectivity index (χ4n) is 2.94. The Balaban J connectivity index is 1.61. The van der Waals surface area contributed by atoms with Gasteiger partial charge in [-0.2, -0.15) is 5.26 Å². The lowest BCUT2D eigenvalue weighted by Crippen LogP contribution is -2.15. The van der Waals surface area contributed by atoms with Crippen LogP contribution in [-0.4, -0.2) is 16.0 Å². The molecule has 1 amide bonds. The van der Waals surface area contributed by atoms with Crippen molar-refractivity contribution in [3.05, 3.63) is 53.7 Å². The maximum atomic E-state index is 12.1. The number of anilines is 3. The number of nitriles is 1. The van der Waals surface area contributed by atoms with Crippen LogP contribution in [0.2, 0.25) is 5.02 Å². The van der Waals surface area contributed by atoms with Crippen molar-refractivity contribution in [3.8, 4) is 11.8 Å². The Morgan fingerprint density at radius 3 is 2.85 bits per heavy atom. The number of carbonyl (C=O) groups excluding carboxylic acids is 1. The molecular weight excluding hydrogens is 364 g/mol. The van der Waals surface area contributed by atoms with Gasteiger partial charge in [-0.25, -0.2) is 4.98 Å². The molecule has 1 fully saturated rings. The van der Waals surface area contributed by atoms with Gasteiger partial charge in [-0.1, -0.05) is 23.7 Å². The predicted molar refractivity (Wildman–Crippen MR) is 104 cm³/mol. The van der Waals surface area contributed by atoms with Crippen LogP contribution in [0.25, 0.3) is 10.8 Å². The lowest BCUT2D eigenvalue weighted by Gasteiger charge is -2.11. The third kappa shape index (κ3) is 3.50. The van der Waals surface area contributed by atoms with Crippen molar-refractivity contribution in [3.63, 3.8) is 0 Å². The quantitative estimate of drug-likeness (QED) is 0.583. The average molecular weight is 379 g/mol. The van der Waals surface area contributed by atoms with Crippen LogP contribution < -0.4 is 10.6 Å². The lowest BCUT2D eigenvalue weighted by molar-refractivity contribution is -0.117. The first-order valence-electron chi connectivity index (χ1n) is 8.40. The molecule has 1 aromatic heterocycles. The van der Waals surface area contributed by atoms with Crippen LogP contribution in [0.15, 0.2) is 48.7 Å². The number of rotatable bonds is 4. The number of nitrogens with one attached hydrogen (secondary N) is 2. The summed E-state index contributed by atoms with van der Waals surface area (Å²) in [4.78, 5) is 16.4. The first-order valence-corrected chi connectivity index (χ1v) is 8.78. The maximum Gasteiger partial charge on any atom is 0.230 e. The van der Waals surface area contributed by atoms with E-state index in [2.05, 4.69) is 21.7 Å². The van der Waals surface area contributed by atoms with E-state index in [9.17, 15) is 9.90 Å². The second-order valence-electron chi connectivity index (χ2n) is 6.46. The van der Waals surface area contributed by atoms with Crippen molar-refractivity contribution >= 4 is 45.5 Å². The topological polar surface area (TPSA) is 98.0 Å². The number of benzene rings is 2. The minimum Gasteiger partial charge on any atom is -0.506 e. The van der Waals surface area contributed by atoms with Gasteiger partial charge in [-0.3, -0.25) is 4.79 Å². The number of phenols is 1. The van der Waals surface area contributed by atoms with Gasteiger partial charge in [0.2, 0.25) is 5.91 Å². The van der Waals surface area contributed by atoms with Crippen molar-refractivity contribution in [1.29, 1.82) is 5.26 Å². The Hall–Kier alpha value is -3.30. The summed E-state index contributed by atoms with van der Waals surface area (Å²) in [7, 11) is 0. The number of pyridine rings is 1. The van der Waals surface area contributed by atoms with E-state index >= 15 is 0 Å². The van der Waals surface area contributed by atoms with Crippen LogP contribution in [-0.2, 0) is 4.79 Å². The molecule has 1 aliphatic rings. The molecule has 0 bridgehead atoms. The SMILES string of the molecule is N#CC1CC1C(=O)Nc1cc2cc(Nc3ccccc3O)cc(Cl)c2cn1. The molecular formula is C20H15ClN4O2. The van der Waals surface area contributed by atoms with Crippen molar-refractivity contribution in [2.45, 2.75) is 6.42 Å². The third-order valence-electron chi connectivity index (χ3n) is 4.51.